The van der Waals surface area contributed by atoms with Gasteiger partial charge in [0.05, 0.1) is 24.7 Å². The van der Waals surface area contributed by atoms with Crippen molar-refractivity contribution >= 4 is 23.3 Å². The van der Waals surface area contributed by atoms with Crippen LogP contribution in [-0.2, 0) is 11.3 Å². The fourth-order valence-electron chi connectivity index (χ4n) is 1.15. The number of aryl methyl sites for hydroxylation is 2. The van der Waals surface area contributed by atoms with E-state index in [0.717, 1.165) is 5.69 Å². The Hall–Kier alpha value is -1.54. The molecule has 1 heterocycles. The number of nitriles is 1. The average molecular weight is 227 g/mol. The van der Waals surface area contributed by atoms with E-state index in [0.29, 0.717) is 18.8 Å². The minimum Gasteiger partial charge on any atom is -0.310 e. The van der Waals surface area contributed by atoms with E-state index in [4.69, 9.17) is 16.9 Å². The summed E-state index contributed by atoms with van der Waals surface area (Å²) in [6, 6.07) is 3.76. The Morgan fingerprint density at radius 3 is 3.13 bits per heavy atom. The first-order chi connectivity index (χ1) is 7.17. The number of rotatable bonds is 4. The smallest absolute Gasteiger partial charge is 0.240 e. The van der Waals surface area contributed by atoms with Crippen LogP contribution < -0.4 is 5.32 Å². The van der Waals surface area contributed by atoms with Crippen LogP contribution in [0.25, 0.3) is 0 Å². The van der Waals surface area contributed by atoms with Crippen LogP contribution in [0, 0.1) is 18.3 Å². The molecule has 80 valence electrons. The lowest BCUT2D eigenvalue weighted by Gasteiger charge is -2.05. The quantitative estimate of drug-likeness (QED) is 0.787. The maximum Gasteiger partial charge on any atom is 0.240 e. The Balaban J connectivity index is 2.77. The molecule has 0 spiro atoms. The molecule has 0 radical (unpaired) electrons. The highest BCUT2D eigenvalue weighted by Gasteiger charge is 2.07. The molecule has 15 heavy (non-hydrogen) atoms. The first-order valence-corrected chi connectivity index (χ1v) is 4.98. The van der Waals surface area contributed by atoms with Crippen molar-refractivity contribution in [3.8, 4) is 6.07 Å². The maximum atomic E-state index is 11.1. The largest absolute Gasteiger partial charge is 0.310 e. The fourth-order valence-corrected chi connectivity index (χ4v) is 1.22. The predicted octanol–water partition coefficient (Wildman–Crippen LogP) is 1.28. The van der Waals surface area contributed by atoms with Crippen LogP contribution in [0.5, 0.6) is 0 Å². The van der Waals surface area contributed by atoms with Crippen molar-refractivity contribution in [2.75, 3.05) is 11.2 Å². The minimum absolute atomic E-state index is 0.0948. The summed E-state index contributed by atoms with van der Waals surface area (Å²) in [5.41, 5.74) is 0.790. The van der Waals surface area contributed by atoms with Crippen molar-refractivity contribution in [1.82, 2.24) is 9.78 Å². The van der Waals surface area contributed by atoms with E-state index in [1.54, 1.807) is 10.7 Å². The molecule has 0 aliphatic rings. The lowest BCUT2D eigenvalue weighted by Crippen LogP contribution is -2.16. The molecule has 1 aromatic rings. The molecule has 0 aromatic carbocycles. The number of hydrogen-bond acceptors (Lipinski definition) is 3. The van der Waals surface area contributed by atoms with Gasteiger partial charge in [0.15, 0.2) is 0 Å². The lowest BCUT2D eigenvalue weighted by atomic mass is 10.4. The van der Waals surface area contributed by atoms with E-state index in [1.165, 1.54) is 0 Å². The van der Waals surface area contributed by atoms with Crippen LogP contribution in [-0.4, -0.2) is 21.6 Å². The molecule has 1 rings (SSSR count). The van der Waals surface area contributed by atoms with Crippen molar-refractivity contribution in [1.29, 1.82) is 5.26 Å². The van der Waals surface area contributed by atoms with Crippen LogP contribution in [0.4, 0.5) is 5.82 Å². The summed E-state index contributed by atoms with van der Waals surface area (Å²) >= 11 is 5.37. The van der Waals surface area contributed by atoms with Crippen molar-refractivity contribution < 1.29 is 4.79 Å². The number of carbonyl (C=O) groups excluding carboxylic acids is 1. The minimum atomic E-state index is -0.283. The SMILES string of the molecule is Cc1cc(NC(=O)CCl)n(CCC#N)n1. The van der Waals surface area contributed by atoms with E-state index in [9.17, 15) is 4.79 Å². The maximum absolute atomic E-state index is 11.1. The molecule has 1 aromatic heterocycles. The lowest BCUT2D eigenvalue weighted by molar-refractivity contribution is -0.114. The van der Waals surface area contributed by atoms with Gasteiger partial charge in [0, 0.05) is 6.07 Å². The molecular formula is C9H11ClN4O. The van der Waals surface area contributed by atoms with Gasteiger partial charge in [0.25, 0.3) is 0 Å². The van der Waals surface area contributed by atoms with E-state index in [-0.39, 0.29) is 11.8 Å². The molecule has 0 atom stereocenters. The van der Waals surface area contributed by atoms with E-state index < -0.39 is 0 Å². The molecule has 0 aliphatic heterocycles. The third-order valence-corrected chi connectivity index (χ3v) is 1.97. The first-order valence-electron chi connectivity index (χ1n) is 4.44. The van der Waals surface area contributed by atoms with Crippen molar-refractivity contribution in [2.24, 2.45) is 0 Å². The number of carbonyl (C=O) groups is 1. The molecule has 6 heteroatoms. The standard InChI is InChI=1S/C9H11ClN4O/c1-7-5-8(12-9(15)6-10)14(13-7)4-2-3-11/h5H,2,4,6H2,1H3,(H,12,15). The molecule has 0 unspecified atom stereocenters. The second kappa shape index (κ2) is 5.37. The molecule has 0 saturated carbocycles. The summed E-state index contributed by atoms with van der Waals surface area (Å²) < 4.78 is 1.59. The van der Waals surface area contributed by atoms with Gasteiger partial charge in [-0.1, -0.05) is 0 Å². The van der Waals surface area contributed by atoms with E-state index in [2.05, 4.69) is 10.4 Å². The zero-order chi connectivity index (χ0) is 11.3. The number of anilines is 1. The fraction of sp³-hybridized carbons (Fsp3) is 0.444. The topological polar surface area (TPSA) is 70.7 Å². The van der Waals surface area contributed by atoms with Gasteiger partial charge in [-0.25, -0.2) is 4.68 Å². The summed E-state index contributed by atoms with van der Waals surface area (Å²) in [4.78, 5) is 11.1. The summed E-state index contributed by atoms with van der Waals surface area (Å²) in [7, 11) is 0. The van der Waals surface area contributed by atoms with Gasteiger partial charge in [-0.2, -0.15) is 10.4 Å². The van der Waals surface area contributed by atoms with Crippen molar-refractivity contribution in [2.45, 2.75) is 19.9 Å². The highest BCUT2D eigenvalue weighted by Crippen LogP contribution is 2.10. The number of hydrogen-bond donors (Lipinski definition) is 1. The summed E-state index contributed by atoms with van der Waals surface area (Å²) in [5.74, 6) is 0.200. The van der Waals surface area contributed by atoms with Gasteiger partial charge in [0.2, 0.25) is 5.91 Å². The number of nitrogens with one attached hydrogen (secondary N) is 1. The van der Waals surface area contributed by atoms with Crippen LogP contribution >= 0.6 is 11.6 Å². The molecule has 0 aliphatic carbocycles. The van der Waals surface area contributed by atoms with Crippen LogP contribution in [0.2, 0.25) is 0 Å². The number of nitrogens with zero attached hydrogens (tertiary/aromatic N) is 3. The summed E-state index contributed by atoms with van der Waals surface area (Å²) in [5, 5.41) is 15.2. The van der Waals surface area contributed by atoms with Crippen LogP contribution in [0.3, 0.4) is 0 Å². The Bertz CT molecular complexity index is 393. The third-order valence-electron chi connectivity index (χ3n) is 1.73. The summed E-state index contributed by atoms with van der Waals surface area (Å²) in [6.07, 6.45) is 0.352. The number of halogens is 1. The Morgan fingerprint density at radius 1 is 1.80 bits per heavy atom. The average Bonchev–Trinajstić information content (AvgIpc) is 2.55. The van der Waals surface area contributed by atoms with Crippen molar-refractivity contribution in [3.05, 3.63) is 11.8 Å². The Labute approximate surface area is 92.6 Å². The van der Waals surface area contributed by atoms with Gasteiger partial charge >= 0.3 is 0 Å². The molecule has 1 amide bonds. The van der Waals surface area contributed by atoms with Gasteiger partial charge in [-0.3, -0.25) is 4.79 Å². The number of amides is 1. The van der Waals surface area contributed by atoms with Crippen molar-refractivity contribution in [3.63, 3.8) is 0 Å². The molecule has 0 saturated heterocycles. The molecule has 1 N–H and O–H groups in total. The second-order valence-electron chi connectivity index (χ2n) is 2.98. The molecule has 0 fully saturated rings. The third kappa shape index (κ3) is 3.26. The zero-order valence-electron chi connectivity index (χ0n) is 8.33. The normalized spacial score (nSPS) is 9.67. The monoisotopic (exact) mass is 226 g/mol. The highest BCUT2D eigenvalue weighted by molar-refractivity contribution is 6.29. The van der Waals surface area contributed by atoms with Gasteiger partial charge in [-0.05, 0) is 6.92 Å². The van der Waals surface area contributed by atoms with Crippen LogP contribution in [0.1, 0.15) is 12.1 Å². The number of alkyl halides is 1. The highest BCUT2D eigenvalue weighted by atomic mass is 35.5. The predicted molar refractivity (Wildman–Crippen MR) is 56.5 cm³/mol. The Morgan fingerprint density at radius 2 is 2.53 bits per heavy atom. The van der Waals surface area contributed by atoms with E-state index in [1.807, 2.05) is 13.0 Å². The second-order valence-corrected chi connectivity index (χ2v) is 3.25. The molecule has 0 bridgehead atoms. The van der Waals surface area contributed by atoms with E-state index >= 15 is 0 Å². The van der Waals surface area contributed by atoms with Gasteiger partial charge in [0.1, 0.15) is 11.7 Å². The van der Waals surface area contributed by atoms with Gasteiger partial charge < -0.3 is 5.32 Å². The zero-order valence-corrected chi connectivity index (χ0v) is 9.08. The summed E-state index contributed by atoms with van der Waals surface area (Å²) in [6.45, 7) is 2.28. The Kier molecular flexibility index (Phi) is 4.13. The number of aromatic nitrogens is 2. The molecular weight excluding hydrogens is 216 g/mol. The van der Waals surface area contributed by atoms with Crippen LogP contribution in [0.15, 0.2) is 6.07 Å². The first kappa shape index (κ1) is 11.5. The molecule has 5 nitrogen and oxygen atoms in total. The van der Waals surface area contributed by atoms with Gasteiger partial charge in [-0.15, -0.1) is 11.6 Å².